The SMILES string of the molecule is CNC(Cc1ccccc1)C(=O)N(C)OC. The van der Waals surface area contributed by atoms with E-state index in [9.17, 15) is 4.79 Å². The minimum absolute atomic E-state index is 0.0751. The smallest absolute Gasteiger partial charge is 0.263 e. The molecular formula is C12H18N2O2. The van der Waals surface area contributed by atoms with Crippen LogP contribution in [-0.4, -0.2) is 38.2 Å². The van der Waals surface area contributed by atoms with Gasteiger partial charge in [0.05, 0.1) is 13.2 Å². The van der Waals surface area contributed by atoms with E-state index in [1.165, 1.54) is 12.2 Å². The summed E-state index contributed by atoms with van der Waals surface area (Å²) >= 11 is 0. The van der Waals surface area contributed by atoms with Gasteiger partial charge in [-0.1, -0.05) is 30.3 Å². The number of amides is 1. The highest BCUT2D eigenvalue weighted by Gasteiger charge is 2.20. The minimum atomic E-state index is -0.257. The lowest BCUT2D eigenvalue weighted by molar-refractivity contribution is -0.170. The summed E-state index contributed by atoms with van der Waals surface area (Å²) in [5.41, 5.74) is 1.12. The van der Waals surface area contributed by atoms with Crippen molar-refractivity contribution in [1.29, 1.82) is 0 Å². The van der Waals surface area contributed by atoms with Crippen molar-refractivity contribution in [2.24, 2.45) is 0 Å². The Balaban J connectivity index is 2.66. The second-order valence-electron chi connectivity index (χ2n) is 3.55. The highest BCUT2D eigenvalue weighted by Crippen LogP contribution is 2.05. The highest BCUT2D eigenvalue weighted by molar-refractivity contribution is 5.81. The highest BCUT2D eigenvalue weighted by atomic mass is 16.7. The average Bonchev–Trinajstić information content (AvgIpc) is 2.35. The van der Waals surface area contributed by atoms with Gasteiger partial charge in [-0.05, 0) is 19.0 Å². The van der Waals surface area contributed by atoms with Crippen molar-refractivity contribution in [3.63, 3.8) is 0 Å². The van der Waals surface area contributed by atoms with Crippen LogP contribution in [0.15, 0.2) is 30.3 Å². The average molecular weight is 222 g/mol. The molecule has 0 aliphatic rings. The fourth-order valence-corrected chi connectivity index (χ4v) is 1.47. The Morgan fingerprint density at radius 2 is 2.06 bits per heavy atom. The monoisotopic (exact) mass is 222 g/mol. The van der Waals surface area contributed by atoms with Crippen LogP contribution in [0.5, 0.6) is 0 Å². The maximum atomic E-state index is 11.8. The molecule has 1 N–H and O–H groups in total. The molecule has 88 valence electrons. The van der Waals surface area contributed by atoms with Gasteiger partial charge in [-0.2, -0.15) is 0 Å². The van der Waals surface area contributed by atoms with Crippen LogP contribution in [0.25, 0.3) is 0 Å². The molecule has 1 atom stereocenters. The van der Waals surface area contributed by atoms with Crippen LogP contribution < -0.4 is 5.32 Å². The van der Waals surface area contributed by atoms with E-state index in [1.807, 2.05) is 30.3 Å². The first-order chi connectivity index (χ1) is 7.69. The molecule has 1 aromatic carbocycles. The Bertz CT molecular complexity index is 327. The zero-order valence-electron chi connectivity index (χ0n) is 9.93. The molecule has 0 bridgehead atoms. The van der Waals surface area contributed by atoms with Gasteiger partial charge in [0.25, 0.3) is 5.91 Å². The zero-order valence-corrected chi connectivity index (χ0v) is 9.93. The Labute approximate surface area is 96.2 Å². The van der Waals surface area contributed by atoms with Gasteiger partial charge < -0.3 is 5.32 Å². The molecule has 0 heterocycles. The second-order valence-corrected chi connectivity index (χ2v) is 3.55. The van der Waals surface area contributed by atoms with E-state index >= 15 is 0 Å². The molecule has 1 unspecified atom stereocenters. The Hall–Kier alpha value is -1.39. The van der Waals surface area contributed by atoms with Gasteiger partial charge in [0, 0.05) is 7.05 Å². The van der Waals surface area contributed by atoms with E-state index in [-0.39, 0.29) is 11.9 Å². The van der Waals surface area contributed by atoms with E-state index in [0.29, 0.717) is 6.42 Å². The topological polar surface area (TPSA) is 41.6 Å². The van der Waals surface area contributed by atoms with Gasteiger partial charge in [-0.25, -0.2) is 5.06 Å². The molecule has 0 saturated carbocycles. The summed E-state index contributed by atoms with van der Waals surface area (Å²) in [5.74, 6) is -0.0751. The van der Waals surface area contributed by atoms with Crippen molar-refractivity contribution >= 4 is 5.91 Å². The molecule has 1 aromatic rings. The molecule has 0 fully saturated rings. The van der Waals surface area contributed by atoms with Crippen LogP contribution in [0.1, 0.15) is 5.56 Å². The molecule has 16 heavy (non-hydrogen) atoms. The van der Waals surface area contributed by atoms with Crippen molar-refractivity contribution in [2.75, 3.05) is 21.2 Å². The maximum Gasteiger partial charge on any atom is 0.263 e. The summed E-state index contributed by atoms with van der Waals surface area (Å²) in [6.45, 7) is 0. The van der Waals surface area contributed by atoms with Crippen molar-refractivity contribution in [3.05, 3.63) is 35.9 Å². The van der Waals surface area contributed by atoms with Gasteiger partial charge >= 0.3 is 0 Å². The number of nitrogens with one attached hydrogen (secondary N) is 1. The van der Waals surface area contributed by atoms with Gasteiger partial charge in [0.2, 0.25) is 0 Å². The summed E-state index contributed by atoms with van der Waals surface area (Å²) in [7, 11) is 4.86. The number of carbonyl (C=O) groups excluding carboxylic acids is 1. The molecule has 4 heteroatoms. The standard InChI is InChI=1S/C12H18N2O2/c1-13-11(12(15)14(2)16-3)9-10-7-5-4-6-8-10/h4-8,11,13H,9H2,1-3H3. The first-order valence-electron chi connectivity index (χ1n) is 5.22. The van der Waals surface area contributed by atoms with Crippen LogP contribution in [0.3, 0.4) is 0 Å². The van der Waals surface area contributed by atoms with Gasteiger partial charge in [0.15, 0.2) is 0 Å². The van der Waals surface area contributed by atoms with Crippen molar-refractivity contribution in [3.8, 4) is 0 Å². The largest absolute Gasteiger partial charge is 0.309 e. The number of hydrogen-bond acceptors (Lipinski definition) is 3. The fraction of sp³-hybridized carbons (Fsp3) is 0.417. The first kappa shape index (κ1) is 12.7. The summed E-state index contributed by atoms with van der Waals surface area (Å²) in [6.07, 6.45) is 0.657. The van der Waals surface area contributed by atoms with E-state index in [1.54, 1.807) is 14.1 Å². The number of rotatable bonds is 5. The summed E-state index contributed by atoms with van der Waals surface area (Å²) in [6, 6.07) is 9.64. The molecule has 0 radical (unpaired) electrons. The minimum Gasteiger partial charge on any atom is -0.309 e. The molecule has 0 aromatic heterocycles. The molecule has 1 rings (SSSR count). The van der Waals surface area contributed by atoms with Gasteiger partial charge in [-0.15, -0.1) is 0 Å². The third-order valence-corrected chi connectivity index (χ3v) is 2.51. The van der Waals surface area contributed by atoms with E-state index in [4.69, 9.17) is 4.84 Å². The fourth-order valence-electron chi connectivity index (χ4n) is 1.47. The number of benzene rings is 1. The number of nitrogens with zero attached hydrogens (tertiary/aromatic N) is 1. The Morgan fingerprint density at radius 3 is 2.56 bits per heavy atom. The van der Waals surface area contributed by atoms with Crippen LogP contribution >= 0.6 is 0 Å². The lowest BCUT2D eigenvalue weighted by atomic mass is 10.1. The molecule has 0 aliphatic carbocycles. The first-order valence-corrected chi connectivity index (χ1v) is 5.22. The quantitative estimate of drug-likeness (QED) is 0.751. The number of hydrogen-bond donors (Lipinski definition) is 1. The molecule has 4 nitrogen and oxygen atoms in total. The molecule has 1 amide bonds. The number of likely N-dealkylation sites (N-methyl/N-ethyl adjacent to an activating group) is 2. The predicted molar refractivity (Wildman–Crippen MR) is 62.8 cm³/mol. The van der Waals surface area contributed by atoms with Crippen LogP contribution in [0.2, 0.25) is 0 Å². The van der Waals surface area contributed by atoms with Crippen molar-refractivity contribution in [2.45, 2.75) is 12.5 Å². The van der Waals surface area contributed by atoms with Gasteiger partial charge in [-0.3, -0.25) is 9.63 Å². The molecular weight excluding hydrogens is 204 g/mol. The summed E-state index contributed by atoms with van der Waals surface area (Å²) in [4.78, 5) is 16.7. The normalized spacial score (nSPS) is 12.2. The van der Waals surface area contributed by atoms with Crippen molar-refractivity contribution in [1.82, 2.24) is 10.4 Å². The van der Waals surface area contributed by atoms with E-state index in [2.05, 4.69) is 5.32 Å². The third-order valence-electron chi connectivity index (χ3n) is 2.51. The van der Waals surface area contributed by atoms with Crippen molar-refractivity contribution < 1.29 is 9.63 Å². The molecule has 0 spiro atoms. The van der Waals surface area contributed by atoms with E-state index < -0.39 is 0 Å². The lowest BCUT2D eigenvalue weighted by Crippen LogP contribution is -2.44. The number of hydroxylamine groups is 2. The number of carbonyl (C=O) groups is 1. The second kappa shape index (κ2) is 6.25. The maximum absolute atomic E-state index is 11.8. The van der Waals surface area contributed by atoms with Crippen LogP contribution in [0, 0.1) is 0 Å². The summed E-state index contributed by atoms with van der Waals surface area (Å²) < 4.78 is 0. The predicted octanol–water partition coefficient (Wildman–Crippen LogP) is 0.837. The van der Waals surface area contributed by atoms with E-state index in [0.717, 1.165) is 5.56 Å². The molecule has 0 saturated heterocycles. The third kappa shape index (κ3) is 3.32. The van der Waals surface area contributed by atoms with Crippen LogP contribution in [-0.2, 0) is 16.1 Å². The van der Waals surface area contributed by atoms with Gasteiger partial charge in [0.1, 0.15) is 0 Å². The lowest BCUT2D eigenvalue weighted by Gasteiger charge is -2.21. The summed E-state index contributed by atoms with van der Waals surface area (Å²) in [5, 5.41) is 4.23. The molecule has 0 aliphatic heterocycles. The van der Waals surface area contributed by atoms with Crippen LogP contribution in [0.4, 0.5) is 0 Å². The Morgan fingerprint density at radius 1 is 1.44 bits per heavy atom. The zero-order chi connectivity index (χ0) is 12.0. The Kier molecular flexibility index (Phi) is 4.95.